The Hall–Kier alpha value is -3.19. The number of imidazole rings is 1. The smallest absolute Gasteiger partial charge is 0.345 e. The molecule has 0 aliphatic carbocycles. The number of fused-ring (bicyclic) bond motifs is 2. The number of halogens is 1. The van der Waals surface area contributed by atoms with Crippen LogP contribution in [0.4, 0.5) is 10.1 Å². The number of aromatic nitrogens is 2. The van der Waals surface area contributed by atoms with Gasteiger partial charge in [0.1, 0.15) is 17.0 Å². The number of rotatable bonds is 2. The van der Waals surface area contributed by atoms with Crippen LogP contribution < -0.4 is 10.5 Å². The summed E-state index contributed by atoms with van der Waals surface area (Å²) < 4.78 is 21.0. The lowest BCUT2D eigenvalue weighted by Crippen LogP contribution is -2.28. The summed E-state index contributed by atoms with van der Waals surface area (Å²) in [5.41, 5.74) is 3.34. The highest BCUT2D eigenvalue weighted by Crippen LogP contribution is 2.26. The Labute approximate surface area is 173 Å². The third-order valence-corrected chi connectivity index (χ3v) is 5.78. The van der Waals surface area contributed by atoms with Crippen molar-refractivity contribution in [3.8, 4) is 11.3 Å². The lowest BCUT2D eigenvalue weighted by molar-refractivity contribution is 0.360. The van der Waals surface area contributed by atoms with Crippen molar-refractivity contribution >= 4 is 22.3 Å². The quantitative estimate of drug-likeness (QED) is 0.475. The van der Waals surface area contributed by atoms with Crippen LogP contribution in [0.2, 0.25) is 0 Å². The van der Waals surface area contributed by atoms with Gasteiger partial charge in [-0.1, -0.05) is 0 Å². The Kier molecular flexibility index (Phi) is 4.55. The Morgan fingerprint density at radius 2 is 1.93 bits per heavy atom. The van der Waals surface area contributed by atoms with Gasteiger partial charge in [0, 0.05) is 49.2 Å². The van der Waals surface area contributed by atoms with Gasteiger partial charge in [-0.25, -0.2) is 14.2 Å². The average Bonchev–Trinajstić information content (AvgIpc) is 3.01. The zero-order valence-corrected chi connectivity index (χ0v) is 17.1. The van der Waals surface area contributed by atoms with E-state index in [1.807, 2.05) is 12.1 Å². The maximum atomic E-state index is 13.7. The highest BCUT2D eigenvalue weighted by molar-refractivity contribution is 5.84. The number of likely N-dealkylation sites (N-methyl/N-ethyl adjacent to an activating group) is 1. The third-order valence-electron chi connectivity index (χ3n) is 5.78. The minimum Gasteiger partial charge on any atom is -0.422 e. The van der Waals surface area contributed by atoms with Crippen molar-refractivity contribution in [1.29, 1.82) is 0 Å². The first-order chi connectivity index (χ1) is 14.5. The highest BCUT2D eigenvalue weighted by atomic mass is 19.1. The molecule has 0 spiro atoms. The molecule has 0 N–H and O–H groups in total. The van der Waals surface area contributed by atoms with Gasteiger partial charge in [0.15, 0.2) is 0 Å². The van der Waals surface area contributed by atoms with Gasteiger partial charge >= 0.3 is 5.63 Å². The van der Waals surface area contributed by atoms with Gasteiger partial charge in [0.05, 0.1) is 11.3 Å². The molecule has 1 aliphatic rings. The van der Waals surface area contributed by atoms with Crippen molar-refractivity contribution < 1.29 is 8.81 Å². The normalized spacial score (nSPS) is 15.8. The number of nitrogens with zero attached hydrogens (tertiary/aromatic N) is 4. The van der Waals surface area contributed by atoms with Crippen molar-refractivity contribution in [1.82, 2.24) is 14.3 Å². The lowest BCUT2D eigenvalue weighted by atomic mass is 10.1. The van der Waals surface area contributed by atoms with Gasteiger partial charge in [-0.15, -0.1) is 0 Å². The summed E-state index contributed by atoms with van der Waals surface area (Å²) in [6, 6.07) is 9.22. The van der Waals surface area contributed by atoms with E-state index in [9.17, 15) is 9.18 Å². The molecule has 0 bridgehead atoms. The summed E-state index contributed by atoms with van der Waals surface area (Å²) >= 11 is 0. The summed E-state index contributed by atoms with van der Waals surface area (Å²) in [5.74, 6) is -0.346. The Morgan fingerprint density at radius 3 is 2.80 bits per heavy atom. The molecule has 1 aromatic carbocycles. The van der Waals surface area contributed by atoms with E-state index in [0.29, 0.717) is 28.1 Å². The minimum atomic E-state index is -0.447. The van der Waals surface area contributed by atoms with E-state index in [0.717, 1.165) is 43.7 Å². The monoisotopic (exact) mass is 406 g/mol. The van der Waals surface area contributed by atoms with Gasteiger partial charge in [0.25, 0.3) is 0 Å². The SMILES string of the molecule is Cc1cc(F)cn2cc(-c3cc4ccc(N5CCCN(C)CC5)cc4oc3=O)nc12. The van der Waals surface area contributed by atoms with Crippen LogP contribution in [0.25, 0.3) is 27.9 Å². The first kappa shape index (κ1) is 18.8. The van der Waals surface area contributed by atoms with E-state index in [2.05, 4.69) is 27.9 Å². The maximum absolute atomic E-state index is 13.7. The molecular formula is C23H23FN4O2. The molecule has 1 saturated heterocycles. The van der Waals surface area contributed by atoms with Crippen molar-refractivity contribution in [2.45, 2.75) is 13.3 Å². The van der Waals surface area contributed by atoms with Gasteiger partial charge in [-0.05, 0) is 56.8 Å². The molecule has 0 atom stereocenters. The van der Waals surface area contributed by atoms with Gasteiger partial charge in [-0.2, -0.15) is 0 Å². The molecule has 1 fully saturated rings. The molecule has 5 rings (SSSR count). The molecule has 4 heterocycles. The number of anilines is 1. The van der Waals surface area contributed by atoms with Crippen LogP contribution >= 0.6 is 0 Å². The van der Waals surface area contributed by atoms with Crippen LogP contribution in [-0.4, -0.2) is 47.5 Å². The largest absolute Gasteiger partial charge is 0.422 e. The third kappa shape index (κ3) is 3.35. The summed E-state index contributed by atoms with van der Waals surface area (Å²) in [4.78, 5) is 21.9. The molecule has 0 radical (unpaired) electrons. The first-order valence-corrected chi connectivity index (χ1v) is 10.1. The predicted molar refractivity (Wildman–Crippen MR) is 116 cm³/mol. The van der Waals surface area contributed by atoms with E-state index in [1.165, 1.54) is 12.3 Å². The molecule has 6 nitrogen and oxygen atoms in total. The van der Waals surface area contributed by atoms with Crippen molar-refractivity contribution in [2.24, 2.45) is 0 Å². The van der Waals surface area contributed by atoms with E-state index in [-0.39, 0.29) is 5.82 Å². The van der Waals surface area contributed by atoms with Crippen LogP contribution in [0.3, 0.4) is 0 Å². The second-order valence-electron chi connectivity index (χ2n) is 8.01. The Balaban J connectivity index is 1.54. The Morgan fingerprint density at radius 1 is 1.07 bits per heavy atom. The standard InChI is InChI=1S/C23H23FN4O2/c1-15-10-17(24)13-28-14-20(25-22(15)28)19-11-16-4-5-18(12-21(16)30-23(19)29)27-7-3-6-26(2)8-9-27/h4-5,10-14H,3,6-9H2,1-2H3. The summed E-state index contributed by atoms with van der Waals surface area (Å²) in [5, 5.41) is 0.834. The van der Waals surface area contributed by atoms with E-state index in [4.69, 9.17) is 4.42 Å². The number of pyridine rings is 1. The van der Waals surface area contributed by atoms with Crippen LogP contribution in [0.1, 0.15) is 12.0 Å². The average molecular weight is 406 g/mol. The van der Waals surface area contributed by atoms with E-state index >= 15 is 0 Å². The molecule has 0 unspecified atom stereocenters. The van der Waals surface area contributed by atoms with Crippen LogP contribution in [-0.2, 0) is 0 Å². The van der Waals surface area contributed by atoms with E-state index < -0.39 is 5.63 Å². The van der Waals surface area contributed by atoms with Gasteiger partial charge in [0.2, 0.25) is 0 Å². The highest BCUT2D eigenvalue weighted by Gasteiger charge is 2.16. The summed E-state index contributed by atoms with van der Waals surface area (Å²) in [6.45, 7) is 5.82. The van der Waals surface area contributed by atoms with Crippen LogP contribution in [0.5, 0.6) is 0 Å². The second kappa shape index (κ2) is 7.25. The molecule has 1 aliphatic heterocycles. The van der Waals surface area contributed by atoms with E-state index in [1.54, 1.807) is 23.6 Å². The molecule has 30 heavy (non-hydrogen) atoms. The predicted octanol–water partition coefficient (Wildman–Crippen LogP) is 3.70. The first-order valence-electron chi connectivity index (χ1n) is 10.1. The van der Waals surface area contributed by atoms with Crippen molar-refractivity contribution in [3.05, 3.63) is 64.5 Å². The maximum Gasteiger partial charge on any atom is 0.345 e. The topological polar surface area (TPSA) is 54.0 Å². The fourth-order valence-corrected chi connectivity index (χ4v) is 4.13. The van der Waals surface area contributed by atoms with Crippen LogP contribution in [0, 0.1) is 12.7 Å². The summed E-state index contributed by atoms with van der Waals surface area (Å²) in [6.07, 6.45) is 4.11. The second-order valence-corrected chi connectivity index (χ2v) is 8.01. The Bertz CT molecular complexity index is 1310. The fraction of sp³-hybridized carbons (Fsp3) is 0.304. The number of benzene rings is 1. The van der Waals surface area contributed by atoms with Gasteiger partial charge < -0.3 is 18.6 Å². The zero-order chi connectivity index (χ0) is 20.8. The fourth-order valence-electron chi connectivity index (χ4n) is 4.13. The molecule has 154 valence electrons. The summed E-state index contributed by atoms with van der Waals surface area (Å²) in [7, 11) is 2.14. The number of hydrogen-bond acceptors (Lipinski definition) is 5. The van der Waals surface area contributed by atoms with Gasteiger partial charge in [-0.3, -0.25) is 0 Å². The van der Waals surface area contributed by atoms with Crippen molar-refractivity contribution in [2.75, 3.05) is 38.1 Å². The molecule has 4 aromatic rings. The number of aryl methyl sites for hydroxylation is 1. The minimum absolute atomic E-state index is 0.346. The lowest BCUT2D eigenvalue weighted by Gasteiger charge is -2.22. The molecule has 3 aromatic heterocycles. The zero-order valence-electron chi connectivity index (χ0n) is 17.1. The molecular weight excluding hydrogens is 383 g/mol. The molecule has 0 amide bonds. The van der Waals surface area contributed by atoms with Crippen molar-refractivity contribution in [3.63, 3.8) is 0 Å². The van der Waals surface area contributed by atoms with Crippen LogP contribution in [0.15, 0.2) is 51.9 Å². The number of hydrogen-bond donors (Lipinski definition) is 0. The molecule has 7 heteroatoms. The molecule has 0 saturated carbocycles.